The van der Waals surface area contributed by atoms with Crippen LogP contribution in [0.4, 0.5) is 0 Å². The van der Waals surface area contributed by atoms with Crippen molar-refractivity contribution in [3.8, 4) is 28.6 Å². The maximum absolute atomic E-state index is 5.83. The summed E-state index contributed by atoms with van der Waals surface area (Å²) in [6, 6.07) is 8.33. The predicted octanol–water partition coefficient (Wildman–Crippen LogP) is 6.03. The summed E-state index contributed by atoms with van der Waals surface area (Å²) in [6.07, 6.45) is 5.91. The van der Waals surface area contributed by atoms with Crippen LogP contribution < -0.4 is 4.74 Å². The van der Waals surface area contributed by atoms with Gasteiger partial charge in [0.1, 0.15) is 5.75 Å². The molecule has 0 atom stereocenters. The summed E-state index contributed by atoms with van der Waals surface area (Å²) in [6.45, 7) is 8.89. The lowest BCUT2D eigenvalue weighted by molar-refractivity contribution is 0.334. The molecule has 1 aliphatic carbocycles. The molecular weight excluding hydrogens is 362 g/mol. The normalized spacial score (nSPS) is 14.5. The van der Waals surface area contributed by atoms with E-state index in [-0.39, 0.29) is 0 Å². The maximum atomic E-state index is 5.83. The van der Waals surface area contributed by atoms with E-state index in [2.05, 4.69) is 37.2 Å². The van der Waals surface area contributed by atoms with Crippen LogP contribution in [-0.2, 0) is 6.42 Å². The van der Waals surface area contributed by atoms with Crippen LogP contribution in [-0.4, -0.2) is 21.7 Å². The van der Waals surface area contributed by atoms with E-state index in [1.165, 1.54) is 25.7 Å². The van der Waals surface area contributed by atoms with Crippen LogP contribution in [0.15, 0.2) is 28.8 Å². The zero-order chi connectivity index (χ0) is 20.4. The molecular formula is C24H29N3O2. The lowest BCUT2D eigenvalue weighted by Gasteiger charge is -2.13. The predicted molar refractivity (Wildman–Crippen MR) is 114 cm³/mol. The Morgan fingerprint density at radius 1 is 1.00 bits per heavy atom. The molecule has 152 valence electrons. The van der Waals surface area contributed by atoms with E-state index in [0.717, 1.165) is 45.8 Å². The second-order valence-corrected chi connectivity index (χ2v) is 7.89. The summed E-state index contributed by atoms with van der Waals surface area (Å²) in [7, 11) is 0. The van der Waals surface area contributed by atoms with Crippen molar-refractivity contribution in [1.29, 1.82) is 0 Å². The molecule has 3 aromatic rings. The van der Waals surface area contributed by atoms with Crippen LogP contribution in [0.5, 0.6) is 5.75 Å². The topological polar surface area (TPSA) is 61.0 Å². The Balaban J connectivity index is 1.68. The van der Waals surface area contributed by atoms with Gasteiger partial charge in [0, 0.05) is 28.4 Å². The standard InChI is InChI=1S/C24H29N3O2/c1-5-17-13-19(11-15(3)22(17)28-6-2)23-26-24(29-27-23)20-12-16(4)25-21(14-20)18-9-7-8-10-18/h11-14,18H,5-10H2,1-4H3. The van der Waals surface area contributed by atoms with Crippen LogP contribution in [0.25, 0.3) is 22.8 Å². The van der Waals surface area contributed by atoms with Gasteiger partial charge in [-0.05, 0) is 75.4 Å². The molecule has 0 N–H and O–H groups in total. The zero-order valence-corrected chi connectivity index (χ0v) is 17.8. The second kappa shape index (κ2) is 8.36. The molecule has 0 unspecified atom stereocenters. The fourth-order valence-electron chi connectivity index (χ4n) is 4.30. The number of aryl methyl sites for hydroxylation is 3. The van der Waals surface area contributed by atoms with Crippen LogP contribution >= 0.6 is 0 Å². The average Bonchev–Trinajstić information content (AvgIpc) is 3.41. The highest BCUT2D eigenvalue weighted by Gasteiger charge is 2.21. The molecule has 5 nitrogen and oxygen atoms in total. The lowest BCUT2D eigenvalue weighted by Crippen LogP contribution is -2.00. The summed E-state index contributed by atoms with van der Waals surface area (Å²) in [5.41, 5.74) is 6.32. The number of ether oxygens (including phenoxy) is 1. The minimum Gasteiger partial charge on any atom is -0.493 e. The fraction of sp³-hybridized carbons (Fsp3) is 0.458. The molecule has 29 heavy (non-hydrogen) atoms. The number of pyridine rings is 1. The molecule has 0 saturated heterocycles. The van der Waals surface area contributed by atoms with Crippen LogP contribution in [0, 0.1) is 13.8 Å². The van der Waals surface area contributed by atoms with Crippen molar-refractivity contribution in [3.05, 3.63) is 46.8 Å². The van der Waals surface area contributed by atoms with Crippen molar-refractivity contribution in [3.63, 3.8) is 0 Å². The highest BCUT2D eigenvalue weighted by atomic mass is 16.5. The average molecular weight is 392 g/mol. The van der Waals surface area contributed by atoms with Gasteiger partial charge in [-0.3, -0.25) is 4.98 Å². The first-order chi connectivity index (χ1) is 14.1. The second-order valence-electron chi connectivity index (χ2n) is 7.89. The number of hydrogen-bond donors (Lipinski definition) is 0. The molecule has 4 rings (SSSR count). The number of rotatable bonds is 6. The van der Waals surface area contributed by atoms with Gasteiger partial charge in [0.15, 0.2) is 0 Å². The lowest BCUT2D eigenvalue weighted by atomic mass is 10.0. The Kier molecular flexibility index (Phi) is 5.65. The molecule has 0 amide bonds. The van der Waals surface area contributed by atoms with Crippen molar-refractivity contribution in [2.45, 2.75) is 65.7 Å². The van der Waals surface area contributed by atoms with Gasteiger partial charge >= 0.3 is 0 Å². The number of benzene rings is 1. The summed E-state index contributed by atoms with van der Waals surface area (Å²) in [5.74, 6) is 2.68. The van der Waals surface area contributed by atoms with E-state index in [4.69, 9.17) is 19.2 Å². The van der Waals surface area contributed by atoms with Gasteiger partial charge in [-0.2, -0.15) is 4.98 Å². The van der Waals surface area contributed by atoms with Crippen LogP contribution in [0.1, 0.15) is 68.0 Å². The molecule has 0 bridgehead atoms. The molecule has 0 spiro atoms. The molecule has 1 saturated carbocycles. The molecule has 2 heterocycles. The number of hydrogen-bond acceptors (Lipinski definition) is 5. The molecule has 2 aromatic heterocycles. The Morgan fingerprint density at radius 3 is 2.52 bits per heavy atom. The summed E-state index contributed by atoms with van der Waals surface area (Å²) >= 11 is 0. The van der Waals surface area contributed by atoms with E-state index in [1.54, 1.807) is 0 Å². The minimum atomic E-state index is 0.550. The summed E-state index contributed by atoms with van der Waals surface area (Å²) < 4.78 is 11.5. The Hall–Kier alpha value is -2.69. The Labute approximate surface area is 172 Å². The smallest absolute Gasteiger partial charge is 0.258 e. The SMILES string of the molecule is CCOc1c(C)cc(-c2noc(-c3cc(C)nc(C4CCCC4)c3)n2)cc1CC. The van der Waals surface area contributed by atoms with E-state index in [1.807, 2.05) is 19.9 Å². The van der Waals surface area contributed by atoms with Crippen LogP contribution in [0.3, 0.4) is 0 Å². The zero-order valence-electron chi connectivity index (χ0n) is 17.8. The van der Waals surface area contributed by atoms with Crippen molar-refractivity contribution in [2.24, 2.45) is 0 Å². The molecule has 1 aromatic carbocycles. The van der Waals surface area contributed by atoms with Crippen molar-refractivity contribution in [1.82, 2.24) is 15.1 Å². The molecule has 5 heteroatoms. The summed E-state index contributed by atoms with van der Waals surface area (Å²) in [4.78, 5) is 9.47. The van der Waals surface area contributed by atoms with Gasteiger partial charge in [0.25, 0.3) is 5.89 Å². The summed E-state index contributed by atoms with van der Waals surface area (Å²) in [5, 5.41) is 4.26. The van der Waals surface area contributed by atoms with Gasteiger partial charge in [0.05, 0.1) is 6.61 Å². The fourth-order valence-corrected chi connectivity index (χ4v) is 4.30. The van der Waals surface area contributed by atoms with Gasteiger partial charge in [-0.15, -0.1) is 0 Å². The third kappa shape index (κ3) is 4.04. The quantitative estimate of drug-likeness (QED) is 0.513. The van der Waals surface area contributed by atoms with Gasteiger partial charge in [-0.1, -0.05) is 24.9 Å². The molecule has 1 aliphatic rings. The first-order valence-electron chi connectivity index (χ1n) is 10.7. The first-order valence-corrected chi connectivity index (χ1v) is 10.7. The maximum Gasteiger partial charge on any atom is 0.258 e. The number of nitrogens with zero attached hydrogens (tertiary/aromatic N) is 3. The third-order valence-electron chi connectivity index (χ3n) is 5.70. The molecule has 0 radical (unpaired) electrons. The first kappa shape index (κ1) is 19.6. The van der Waals surface area contributed by atoms with Crippen molar-refractivity contribution < 1.29 is 9.26 Å². The van der Waals surface area contributed by atoms with E-state index in [9.17, 15) is 0 Å². The highest BCUT2D eigenvalue weighted by molar-refractivity contribution is 5.64. The van der Waals surface area contributed by atoms with Gasteiger partial charge in [-0.25, -0.2) is 0 Å². The molecule has 0 aliphatic heterocycles. The largest absolute Gasteiger partial charge is 0.493 e. The van der Waals surface area contributed by atoms with E-state index < -0.39 is 0 Å². The monoisotopic (exact) mass is 391 g/mol. The highest BCUT2D eigenvalue weighted by Crippen LogP contribution is 2.35. The molecule has 1 fully saturated rings. The van der Waals surface area contributed by atoms with Gasteiger partial charge in [0.2, 0.25) is 5.82 Å². The van der Waals surface area contributed by atoms with Crippen molar-refractivity contribution in [2.75, 3.05) is 6.61 Å². The van der Waals surface area contributed by atoms with Crippen molar-refractivity contribution >= 4 is 0 Å². The van der Waals surface area contributed by atoms with Gasteiger partial charge < -0.3 is 9.26 Å². The third-order valence-corrected chi connectivity index (χ3v) is 5.70. The Morgan fingerprint density at radius 2 is 1.79 bits per heavy atom. The Bertz CT molecular complexity index is 1000. The number of aromatic nitrogens is 3. The van der Waals surface area contributed by atoms with E-state index in [0.29, 0.717) is 24.2 Å². The van der Waals surface area contributed by atoms with E-state index >= 15 is 0 Å². The minimum absolute atomic E-state index is 0.550. The van der Waals surface area contributed by atoms with Crippen LogP contribution in [0.2, 0.25) is 0 Å².